The highest BCUT2D eigenvalue weighted by Gasteiger charge is 2.22. The lowest BCUT2D eigenvalue weighted by atomic mass is 10.1. The molecule has 0 amide bonds. The molecule has 0 saturated carbocycles. The van der Waals surface area contributed by atoms with Gasteiger partial charge in [0, 0.05) is 17.1 Å². The van der Waals surface area contributed by atoms with Gasteiger partial charge in [-0.15, -0.1) is 0 Å². The Kier molecular flexibility index (Phi) is 4.99. The second kappa shape index (κ2) is 7.73. The van der Waals surface area contributed by atoms with E-state index in [0.29, 0.717) is 25.3 Å². The fourth-order valence-corrected chi connectivity index (χ4v) is 3.63. The minimum absolute atomic E-state index is 0.0658. The van der Waals surface area contributed by atoms with Crippen LogP contribution in [0.25, 0.3) is 10.9 Å². The van der Waals surface area contributed by atoms with Gasteiger partial charge in [-0.1, -0.05) is 12.1 Å². The van der Waals surface area contributed by atoms with Crippen LogP contribution in [0, 0.1) is 11.3 Å². The Morgan fingerprint density at radius 3 is 2.48 bits per heavy atom. The number of nitriles is 1. The summed E-state index contributed by atoms with van der Waals surface area (Å²) in [4.78, 5) is 0. The van der Waals surface area contributed by atoms with Crippen LogP contribution in [0.15, 0.2) is 48.7 Å². The Balaban J connectivity index is 1.68. The van der Waals surface area contributed by atoms with E-state index in [1.165, 1.54) is 5.56 Å². The van der Waals surface area contributed by atoms with Crippen molar-refractivity contribution in [3.63, 3.8) is 0 Å². The molecule has 0 fully saturated rings. The van der Waals surface area contributed by atoms with Crippen molar-refractivity contribution in [1.29, 1.82) is 5.26 Å². The number of nitrogens with zero attached hydrogens (tertiary/aromatic N) is 2. The first-order chi connectivity index (χ1) is 13.3. The van der Waals surface area contributed by atoms with E-state index < -0.39 is 0 Å². The van der Waals surface area contributed by atoms with Crippen molar-refractivity contribution in [2.75, 3.05) is 19.8 Å². The van der Waals surface area contributed by atoms with Crippen molar-refractivity contribution in [2.45, 2.75) is 25.3 Å². The fraction of sp³-hybridized carbons (Fsp3) is 0.318. The van der Waals surface area contributed by atoms with Gasteiger partial charge in [-0.05, 0) is 61.7 Å². The standard InChI is InChI=1S/C22H23N3O2/c23-10-4-3-5-17-13-25(20-9-8-16(12-24)11-19(17)20)18-14-26-21-6-1-2-7-22(21)27-15-18/h1-2,6-9,11,13,18H,3-5,10,14-15,23H2. The maximum absolute atomic E-state index is 9.28. The average molecular weight is 361 g/mol. The van der Waals surface area contributed by atoms with Gasteiger partial charge in [-0.2, -0.15) is 5.26 Å². The zero-order valence-corrected chi connectivity index (χ0v) is 15.2. The summed E-state index contributed by atoms with van der Waals surface area (Å²) in [6.07, 6.45) is 5.17. The molecule has 2 aromatic carbocycles. The highest BCUT2D eigenvalue weighted by molar-refractivity contribution is 5.85. The number of aromatic nitrogens is 1. The molecule has 0 bridgehead atoms. The molecule has 0 atom stereocenters. The van der Waals surface area contributed by atoms with Crippen molar-refractivity contribution in [3.8, 4) is 17.6 Å². The highest BCUT2D eigenvalue weighted by Crippen LogP contribution is 2.33. The van der Waals surface area contributed by atoms with E-state index in [0.717, 1.165) is 41.7 Å². The lowest BCUT2D eigenvalue weighted by Crippen LogP contribution is -2.21. The summed E-state index contributed by atoms with van der Waals surface area (Å²) in [6.45, 7) is 1.79. The van der Waals surface area contributed by atoms with Crippen LogP contribution in [0.5, 0.6) is 11.5 Å². The molecule has 2 heterocycles. The molecule has 1 aliphatic rings. The molecule has 0 aliphatic carbocycles. The zero-order valence-electron chi connectivity index (χ0n) is 15.2. The van der Waals surface area contributed by atoms with Crippen molar-refractivity contribution < 1.29 is 9.47 Å². The van der Waals surface area contributed by atoms with Gasteiger partial charge < -0.3 is 19.8 Å². The monoisotopic (exact) mass is 361 g/mol. The van der Waals surface area contributed by atoms with Crippen molar-refractivity contribution in [3.05, 3.63) is 59.8 Å². The quantitative estimate of drug-likeness (QED) is 0.702. The molecule has 138 valence electrons. The van der Waals surface area contributed by atoms with Crippen LogP contribution in [0.4, 0.5) is 0 Å². The summed E-state index contributed by atoms with van der Waals surface area (Å²) in [6, 6.07) is 16.0. The third-order valence-corrected chi connectivity index (χ3v) is 5.05. The summed E-state index contributed by atoms with van der Waals surface area (Å²) in [5, 5.41) is 10.4. The number of aryl methyl sites for hydroxylation is 1. The van der Waals surface area contributed by atoms with Crippen LogP contribution < -0.4 is 15.2 Å². The van der Waals surface area contributed by atoms with Gasteiger partial charge in [0.15, 0.2) is 11.5 Å². The minimum Gasteiger partial charge on any atom is -0.487 e. The van der Waals surface area contributed by atoms with E-state index in [1.807, 2.05) is 42.5 Å². The summed E-state index contributed by atoms with van der Waals surface area (Å²) < 4.78 is 14.2. The number of hydrogen-bond acceptors (Lipinski definition) is 4. The molecule has 1 aliphatic heterocycles. The number of ether oxygens (including phenoxy) is 2. The zero-order chi connectivity index (χ0) is 18.6. The van der Waals surface area contributed by atoms with Crippen molar-refractivity contribution in [2.24, 2.45) is 5.73 Å². The van der Waals surface area contributed by atoms with Crippen molar-refractivity contribution in [1.82, 2.24) is 4.57 Å². The van der Waals surface area contributed by atoms with E-state index in [2.05, 4.69) is 16.8 Å². The first-order valence-corrected chi connectivity index (χ1v) is 9.38. The Labute approximate surface area is 158 Å². The number of para-hydroxylation sites is 2. The van der Waals surface area contributed by atoms with Crippen LogP contribution in [0.2, 0.25) is 0 Å². The number of benzene rings is 2. The van der Waals surface area contributed by atoms with E-state index >= 15 is 0 Å². The van der Waals surface area contributed by atoms with Gasteiger partial charge in [0.05, 0.1) is 11.6 Å². The first-order valence-electron chi connectivity index (χ1n) is 9.38. The Hall–Kier alpha value is -2.97. The van der Waals surface area contributed by atoms with E-state index in [-0.39, 0.29) is 6.04 Å². The molecule has 5 nitrogen and oxygen atoms in total. The molecule has 4 rings (SSSR count). The Morgan fingerprint density at radius 2 is 1.81 bits per heavy atom. The highest BCUT2D eigenvalue weighted by atomic mass is 16.5. The molecule has 2 N–H and O–H groups in total. The van der Waals surface area contributed by atoms with Crippen LogP contribution >= 0.6 is 0 Å². The minimum atomic E-state index is 0.0658. The summed E-state index contributed by atoms with van der Waals surface area (Å²) in [5.74, 6) is 1.57. The largest absolute Gasteiger partial charge is 0.487 e. The number of fused-ring (bicyclic) bond motifs is 2. The topological polar surface area (TPSA) is 73.2 Å². The fourth-order valence-electron chi connectivity index (χ4n) is 3.63. The SMILES string of the molecule is N#Cc1ccc2c(c1)c(CCCCN)cn2C1COc2ccccc2OC1. The second-order valence-electron chi connectivity index (χ2n) is 6.87. The molecule has 0 spiro atoms. The lowest BCUT2D eigenvalue weighted by Gasteiger charge is -2.17. The predicted octanol–water partition coefficient (Wildman–Crippen LogP) is 3.81. The first kappa shape index (κ1) is 17.4. The molecular formula is C22H23N3O2. The van der Waals surface area contributed by atoms with E-state index in [9.17, 15) is 5.26 Å². The molecule has 27 heavy (non-hydrogen) atoms. The smallest absolute Gasteiger partial charge is 0.161 e. The summed E-state index contributed by atoms with van der Waals surface area (Å²) >= 11 is 0. The van der Waals surface area contributed by atoms with Crippen LogP contribution in [0.1, 0.15) is 30.0 Å². The van der Waals surface area contributed by atoms with Gasteiger partial charge in [0.1, 0.15) is 19.3 Å². The maximum atomic E-state index is 9.28. The number of rotatable bonds is 5. The van der Waals surface area contributed by atoms with Crippen LogP contribution in [-0.2, 0) is 6.42 Å². The number of nitrogens with two attached hydrogens (primary N) is 1. The second-order valence-corrected chi connectivity index (χ2v) is 6.87. The normalized spacial score (nSPS) is 14.1. The molecular weight excluding hydrogens is 338 g/mol. The molecule has 5 heteroatoms. The Bertz CT molecular complexity index is 960. The van der Waals surface area contributed by atoms with E-state index in [1.54, 1.807) is 0 Å². The van der Waals surface area contributed by atoms with Gasteiger partial charge in [0.2, 0.25) is 0 Å². The molecule has 0 saturated heterocycles. The van der Waals surface area contributed by atoms with Crippen LogP contribution in [-0.4, -0.2) is 24.3 Å². The third-order valence-electron chi connectivity index (χ3n) is 5.05. The van der Waals surface area contributed by atoms with Gasteiger partial charge in [-0.25, -0.2) is 0 Å². The van der Waals surface area contributed by atoms with Gasteiger partial charge in [0.25, 0.3) is 0 Å². The molecule has 0 unspecified atom stereocenters. The van der Waals surface area contributed by atoms with Crippen molar-refractivity contribution >= 4 is 10.9 Å². The maximum Gasteiger partial charge on any atom is 0.161 e. The Morgan fingerprint density at radius 1 is 1.07 bits per heavy atom. The van der Waals surface area contributed by atoms with Crippen LogP contribution in [0.3, 0.4) is 0 Å². The number of unbranched alkanes of at least 4 members (excludes halogenated alkanes) is 1. The third kappa shape index (κ3) is 3.49. The van der Waals surface area contributed by atoms with Gasteiger partial charge >= 0.3 is 0 Å². The summed E-state index contributed by atoms with van der Waals surface area (Å²) in [7, 11) is 0. The summed E-state index contributed by atoms with van der Waals surface area (Å²) in [5.41, 5.74) is 8.69. The molecule has 1 aromatic heterocycles. The molecule has 0 radical (unpaired) electrons. The lowest BCUT2D eigenvalue weighted by molar-refractivity contribution is 0.220. The van der Waals surface area contributed by atoms with E-state index in [4.69, 9.17) is 15.2 Å². The number of hydrogen-bond donors (Lipinski definition) is 1. The predicted molar refractivity (Wildman–Crippen MR) is 105 cm³/mol. The van der Waals surface area contributed by atoms with Gasteiger partial charge in [-0.3, -0.25) is 0 Å². The average Bonchev–Trinajstić information content (AvgIpc) is 2.92. The molecule has 3 aromatic rings.